The van der Waals surface area contributed by atoms with Gasteiger partial charge >= 0.3 is 0 Å². The lowest BCUT2D eigenvalue weighted by Gasteiger charge is -2.09. The number of nitrogens with one attached hydrogen (secondary N) is 1. The normalized spacial score (nSPS) is 12.3. The van der Waals surface area contributed by atoms with Crippen molar-refractivity contribution in [2.75, 3.05) is 5.32 Å². The summed E-state index contributed by atoms with van der Waals surface area (Å²) in [5.41, 5.74) is -0.455. The smallest absolute Gasteiger partial charge is 0.237 e. The van der Waals surface area contributed by atoms with Crippen LogP contribution in [-0.4, -0.2) is 11.2 Å². The minimum atomic E-state index is -0.829. The van der Waals surface area contributed by atoms with Crippen molar-refractivity contribution in [3.05, 3.63) is 28.2 Å². The fourth-order valence-corrected chi connectivity index (χ4v) is 1.36. The summed E-state index contributed by atoms with van der Waals surface area (Å²) < 4.78 is 26.7. The number of amides is 1. The van der Waals surface area contributed by atoms with Crippen LogP contribution in [0.4, 0.5) is 14.5 Å². The van der Waals surface area contributed by atoms with Crippen LogP contribution in [0.3, 0.4) is 0 Å². The number of carbonyl (C=O) groups is 1. The van der Waals surface area contributed by atoms with Gasteiger partial charge in [-0.15, -0.1) is 0 Å². The highest BCUT2D eigenvalue weighted by molar-refractivity contribution is 9.10. The van der Waals surface area contributed by atoms with Gasteiger partial charge in [0.25, 0.3) is 0 Å². The second-order valence-electron chi connectivity index (χ2n) is 2.91. The Kier molecular flexibility index (Phi) is 4.10. The van der Waals surface area contributed by atoms with Gasteiger partial charge in [-0.25, -0.2) is 8.78 Å². The van der Waals surface area contributed by atoms with Crippen LogP contribution in [0.1, 0.15) is 6.92 Å². The van der Waals surface area contributed by atoms with Crippen molar-refractivity contribution in [2.24, 2.45) is 0 Å². The number of hydrogen-bond donors (Lipinski definition) is 2. The van der Waals surface area contributed by atoms with Crippen molar-refractivity contribution in [3.63, 3.8) is 0 Å². The van der Waals surface area contributed by atoms with Crippen molar-refractivity contribution < 1.29 is 13.6 Å². The predicted molar refractivity (Wildman–Crippen MR) is 61.1 cm³/mol. The van der Waals surface area contributed by atoms with Crippen LogP contribution < -0.4 is 5.32 Å². The van der Waals surface area contributed by atoms with Crippen LogP contribution in [0.15, 0.2) is 16.6 Å². The van der Waals surface area contributed by atoms with Crippen molar-refractivity contribution in [1.29, 1.82) is 0 Å². The topological polar surface area (TPSA) is 29.1 Å². The Morgan fingerprint density at radius 3 is 2.33 bits per heavy atom. The van der Waals surface area contributed by atoms with Crippen LogP contribution in [0.5, 0.6) is 0 Å². The molecule has 0 aliphatic heterocycles. The maximum absolute atomic E-state index is 13.2. The highest BCUT2D eigenvalue weighted by Gasteiger charge is 2.15. The van der Waals surface area contributed by atoms with E-state index in [0.29, 0.717) is 0 Å². The summed E-state index contributed by atoms with van der Waals surface area (Å²) in [6, 6.07) is 2.14. The summed E-state index contributed by atoms with van der Waals surface area (Å²) in [5, 5.41) is 1.49. The van der Waals surface area contributed by atoms with E-state index in [-0.39, 0.29) is 4.47 Å². The summed E-state index contributed by atoms with van der Waals surface area (Å²) >= 11 is 6.78. The second-order valence-corrected chi connectivity index (χ2v) is 4.60. The molecule has 0 saturated heterocycles. The lowest BCUT2D eigenvalue weighted by Crippen LogP contribution is -2.21. The first kappa shape index (κ1) is 12.4. The van der Waals surface area contributed by atoms with E-state index in [9.17, 15) is 13.6 Å². The molecule has 15 heavy (non-hydrogen) atoms. The van der Waals surface area contributed by atoms with Gasteiger partial charge in [-0.2, -0.15) is 12.6 Å². The number of carbonyl (C=O) groups excluding carboxylic acids is 1. The third kappa shape index (κ3) is 3.17. The number of rotatable bonds is 2. The lowest BCUT2D eigenvalue weighted by molar-refractivity contribution is -0.115. The maximum Gasteiger partial charge on any atom is 0.237 e. The molecule has 1 aromatic carbocycles. The van der Waals surface area contributed by atoms with Crippen LogP contribution in [0.25, 0.3) is 0 Å². The third-order valence-corrected chi connectivity index (χ3v) is 2.33. The Balaban J connectivity index is 3.00. The molecule has 1 unspecified atom stereocenters. The van der Waals surface area contributed by atoms with E-state index in [1.54, 1.807) is 0 Å². The zero-order chi connectivity index (χ0) is 11.6. The molecule has 1 amide bonds. The van der Waals surface area contributed by atoms with E-state index in [0.717, 1.165) is 12.1 Å². The van der Waals surface area contributed by atoms with Gasteiger partial charge in [0.1, 0.15) is 5.69 Å². The van der Waals surface area contributed by atoms with Gasteiger partial charge < -0.3 is 5.32 Å². The van der Waals surface area contributed by atoms with Gasteiger partial charge in [0.2, 0.25) is 5.91 Å². The summed E-state index contributed by atoms with van der Waals surface area (Å²) in [4.78, 5) is 11.2. The van der Waals surface area contributed by atoms with E-state index < -0.39 is 28.5 Å². The average molecular weight is 296 g/mol. The molecule has 0 fully saturated rings. The van der Waals surface area contributed by atoms with E-state index in [1.165, 1.54) is 6.92 Å². The number of halogens is 3. The first-order chi connectivity index (χ1) is 6.91. The Labute approximate surface area is 99.6 Å². The van der Waals surface area contributed by atoms with Crippen molar-refractivity contribution >= 4 is 40.2 Å². The van der Waals surface area contributed by atoms with E-state index in [2.05, 4.69) is 33.9 Å². The quantitative estimate of drug-likeness (QED) is 0.807. The molecule has 0 heterocycles. The van der Waals surface area contributed by atoms with E-state index in [4.69, 9.17) is 0 Å². The molecule has 6 heteroatoms. The minimum Gasteiger partial charge on any atom is -0.320 e. The zero-order valence-corrected chi connectivity index (χ0v) is 10.2. The van der Waals surface area contributed by atoms with E-state index >= 15 is 0 Å². The molecule has 0 aliphatic carbocycles. The van der Waals surface area contributed by atoms with Crippen LogP contribution in [-0.2, 0) is 4.79 Å². The maximum atomic E-state index is 13.2. The summed E-state index contributed by atoms with van der Waals surface area (Å²) in [5.74, 6) is -2.22. The molecule has 0 saturated carbocycles. The molecule has 1 rings (SSSR count). The number of thiol groups is 1. The molecular formula is C9H8BrF2NOS. The van der Waals surface area contributed by atoms with Crippen molar-refractivity contribution in [3.8, 4) is 0 Å². The Hall–Kier alpha value is -0.620. The fraction of sp³-hybridized carbons (Fsp3) is 0.222. The zero-order valence-electron chi connectivity index (χ0n) is 7.72. The van der Waals surface area contributed by atoms with Crippen molar-refractivity contribution in [1.82, 2.24) is 0 Å². The second kappa shape index (κ2) is 4.94. The number of hydrogen-bond acceptors (Lipinski definition) is 2. The summed E-state index contributed by atoms with van der Waals surface area (Å²) in [6.07, 6.45) is 0. The van der Waals surface area contributed by atoms with E-state index in [1.807, 2.05) is 0 Å². The first-order valence-electron chi connectivity index (χ1n) is 4.05. The Bertz CT molecular complexity index is 375. The number of anilines is 1. The van der Waals surface area contributed by atoms with Gasteiger partial charge in [0, 0.05) is 4.47 Å². The van der Waals surface area contributed by atoms with Crippen LogP contribution in [0.2, 0.25) is 0 Å². The van der Waals surface area contributed by atoms with Crippen LogP contribution >= 0.6 is 28.6 Å². The molecule has 0 bridgehead atoms. The SMILES string of the molecule is CC(S)C(=O)Nc1c(F)cc(Br)cc1F. The minimum absolute atomic E-state index is 0.273. The fourth-order valence-electron chi connectivity index (χ4n) is 0.889. The summed E-state index contributed by atoms with van der Waals surface area (Å²) in [7, 11) is 0. The molecule has 0 aliphatic rings. The van der Waals surface area contributed by atoms with Gasteiger partial charge in [0.15, 0.2) is 11.6 Å². The monoisotopic (exact) mass is 295 g/mol. The third-order valence-electron chi connectivity index (χ3n) is 1.63. The van der Waals surface area contributed by atoms with Crippen molar-refractivity contribution in [2.45, 2.75) is 12.2 Å². The summed E-state index contributed by atoms with van der Waals surface area (Å²) in [6.45, 7) is 1.51. The molecule has 1 N–H and O–H groups in total. The Morgan fingerprint density at radius 2 is 1.93 bits per heavy atom. The standard InChI is InChI=1S/C9H8BrF2NOS/c1-4(15)9(14)13-8-6(11)2-5(10)3-7(8)12/h2-4,15H,1H3,(H,13,14). The van der Waals surface area contributed by atoms with Gasteiger partial charge in [-0.05, 0) is 19.1 Å². The molecule has 1 aromatic rings. The largest absolute Gasteiger partial charge is 0.320 e. The molecule has 0 radical (unpaired) electrons. The average Bonchev–Trinajstić information content (AvgIpc) is 2.10. The molecular weight excluding hydrogens is 288 g/mol. The lowest BCUT2D eigenvalue weighted by atomic mass is 10.3. The molecule has 0 aromatic heterocycles. The Morgan fingerprint density at radius 1 is 1.47 bits per heavy atom. The van der Waals surface area contributed by atoms with Gasteiger partial charge in [0.05, 0.1) is 5.25 Å². The van der Waals surface area contributed by atoms with Gasteiger partial charge in [-0.1, -0.05) is 15.9 Å². The van der Waals surface area contributed by atoms with Gasteiger partial charge in [-0.3, -0.25) is 4.79 Å². The van der Waals surface area contributed by atoms with Crippen LogP contribution in [0, 0.1) is 11.6 Å². The molecule has 82 valence electrons. The highest BCUT2D eigenvalue weighted by atomic mass is 79.9. The number of benzene rings is 1. The molecule has 2 nitrogen and oxygen atoms in total. The highest BCUT2D eigenvalue weighted by Crippen LogP contribution is 2.23. The predicted octanol–water partition coefficient (Wildman–Crippen LogP) is 2.98. The first-order valence-corrected chi connectivity index (χ1v) is 5.36. The molecule has 1 atom stereocenters. The molecule has 0 spiro atoms.